The second-order valence-corrected chi connectivity index (χ2v) is 4.25. The van der Waals surface area contributed by atoms with Gasteiger partial charge in [0.05, 0.1) is 0 Å². The number of aromatic nitrogens is 2. The predicted molar refractivity (Wildman–Crippen MR) is 75.3 cm³/mol. The Morgan fingerprint density at radius 1 is 1.25 bits per heavy atom. The molecule has 2 aromatic rings. The molecule has 0 saturated carbocycles. The summed E-state index contributed by atoms with van der Waals surface area (Å²) in [5.74, 6) is -0.0778. The van der Waals surface area contributed by atoms with Gasteiger partial charge in [0.1, 0.15) is 11.6 Å². The van der Waals surface area contributed by atoms with E-state index in [2.05, 4.69) is 20.8 Å². The molecular formula is C14H15FN4O. The summed E-state index contributed by atoms with van der Waals surface area (Å²) in [6.45, 7) is 4.31. The number of carbonyl (C=O) groups is 1. The summed E-state index contributed by atoms with van der Waals surface area (Å²) in [6, 6.07) is 7.64. The van der Waals surface area contributed by atoms with Crippen LogP contribution in [0.1, 0.15) is 23.0 Å². The number of carbonyl (C=O) groups excluding carboxylic acids is 1. The van der Waals surface area contributed by atoms with Gasteiger partial charge in [0.2, 0.25) is 0 Å². The van der Waals surface area contributed by atoms with Crippen molar-refractivity contribution in [2.75, 3.05) is 17.2 Å². The van der Waals surface area contributed by atoms with Crippen LogP contribution in [0.5, 0.6) is 0 Å². The van der Waals surface area contributed by atoms with E-state index in [0.29, 0.717) is 17.1 Å². The van der Waals surface area contributed by atoms with Gasteiger partial charge in [-0.05, 0) is 49.7 Å². The average molecular weight is 274 g/mol. The third-order valence-electron chi connectivity index (χ3n) is 2.67. The smallest absolute Gasteiger partial charge is 0.276 e. The van der Waals surface area contributed by atoms with E-state index in [1.54, 1.807) is 25.1 Å². The molecule has 0 unspecified atom stereocenters. The molecule has 1 aromatic heterocycles. The fourth-order valence-electron chi connectivity index (χ4n) is 1.65. The van der Waals surface area contributed by atoms with Crippen molar-refractivity contribution in [3.63, 3.8) is 0 Å². The van der Waals surface area contributed by atoms with Gasteiger partial charge in [-0.15, -0.1) is 10.2 Å². The summed E-state index contributed by atoms with van der Waals surface area (Å²) in [4.78, 5) is 12.0. The standard InChI is InChI=1S/C14H15FN4O/c1-3-16-13-7-6-12(18-19-13)14(20)17-10-4-5-11(15)9(2)8-10/h4-8H,3H2,1-2H3,(H,16,19)(H,17,20). The van der Waals surface area contributed by atoms with Crippen molar-refractivity contribution in [2.24, 2.45) is 0 Å². The van der Waals surface area contributed by atoms with Crippen LogP contribution in [0.2, 0.25) is 0 Å². The average Bonchev–Trinajstić information content (AvgIpc) is 2.44. The summed E-state index contributed by atoms with van der Waals surface area (Å²) in [5, 5.41) is 13.4. The molecule has 0 radical (unpaired) electrons. The van der Waals surface area contributed by atoms with Gasteiger partial charge in [0.25, 0.3) is 5.91 Å². The molecule has 0 spiro atoms. The highest BCUT2D eigenvalue weighted by Crippen LogP contribution is 2.14. The Morgan fingerprint density at radius 2 is 2.05 bits per heavy atom. The van der Waals surface area contributed by atoms with E-state index in [0.717, 1.165) is 6.54 Å². The quantitative estimate of drug-likeness (QED) is 0.899. The molecule has 2 rings (SSSR count). The molecule has 0 aliphatic heterocycles. The highest BCUT2D eigenvalue weighted by molar-refractivity contribution is 6.02. The van der Waals surface area contributed by atoms with Crippen LogP contribution in [0.3, 0.4) is 0 Å². The number of amides is 1. The van der Waals surface area contributed by atoms with E-state index in [-0.39, 0.29) is 17.4 Å². The summed E-state index contributed by atoms with van der Waals surface area (Å²) in [7, 11) is 0. The van der Waals surface area contributed by atoms with Crippen molar-refractivity contribution in [1.82, 2.24) is 10.2 Å². The molecule has 1 amide bonds. The molecule has 20 heavy (non-hydrogen) atoms. The van der Waals surface area contributed by atoms with Crippen LogP contribution >= 0.6 is 0 Å². The lowest BCUT2D eigenvalue weighted by atomic mass is 10.2. The Labute approximate surface area is 116 Å². The highest BCUT2D eigenvalue weighted by Gasteiger charge is 2.09. The van der Waals surface area contributed by atoms with E-state index in [1.165, 1.54) is 12.1 Å². The number of aryl methyl sites for hydroxylation is 1. The Bertz CT molecular complexity index is 613. The van der Waals surface area contributed by atoms with Crippen LogP contribution in [0.15, 0.2) is 30.3 Å². The number of halogens is 1. The summed E-state index contributed by atoms with van der Waals surface area (Å²) >= 11 is 0. The Kier molecular flexibility index (Phi) is 4.24. The molecule has 0 bridgehead atoms. The van der Waals surface area contributed by atoms with Gasteiger partial charge in [-0.2, -0.15) is 0 Å². The van der Waals surface area contributed by atoms with Crippen LogP contribution in [0.4, 0.5) is 15.9 Å². The van der Waals surface area contributed by atoms with Crippen LogP contribution in [0.25, 0.3) is 0 Å². The minimum atomic E-state index is -0.383. The van der Waals surface area contributed by atoms with E-state index < -0.39 is 0 Å². The topological polar surface area (TPSA) is 66.9 Å². The molecule has 0 aliphatic rings. The minimum Gasteiger partial charge on any atom is -0.369 e. The first-order valence-corrected chi connectivity index (χ1v) is 6.25. The number of nitrogens with zero attached hydrogens (tertiary/aromatic N) is 2. The molecular weight excluding hydrogens is 259 g/mol. The molecule has 1 aromatic carbocycles. The highest BCUT2D eigenvalue weighted by atomic mass is 19.1. The van der Waals surface area contributed by atoms with Gasteiger partial charge >= 0.3 is 0 Å². The van der Waals surface area contributed by atoms with Crippen molar-refractivity contribution in [1.29, 1.82) is 0 Å². The lowest BCUT2D eigenvalue weighted by molar-refractivity contribution is 0.102. The zero-order valence-corrected chi connectivity index (χ0v) is 11.3. The van der Waals surface area contributed by atoms with E-state index >= 15 is 0 Å². The third kappa shape index (κ3) is 3.28. The molecule has 104 valence electrons. The molecule has 1 heterocycles. The van der Waals surface area contributed by atoms with Gasteiger partial charge in [-0.3, -0.25) is 4.79 Å². The second-order valence-electron chi connectivity index (χ2n) is 4.25. The maximum absolute atomic E-state index is 13.1. The van der Waals surface area contributed by atoms with Gasteiger partial charge in [-0.1, -0.05) is 0 Å². The zero-order valence-electron chi connectivity index (χ0n) is 11.3. The number of hydrogen-bond acceptors (Lipinski definition) is 4. The zero-order chi connectivity index (χ0) is 14.5. The second kappa shape index (κ2) is 6.10. The van der Waals surface area contributed by atoms with Gasteiger partial charge in [-0.25, -0.2) is 4.39 Å². The van der Waals surface area contributed by atoms with Crippen molar-refractivity contribution in [2.45, 2.75) is 13.8 Å². The van der Waals surface area contributed by atoms with Crippen molar-refractivity contribution in [3.8, 4) is 0 Å². The van der Waals surface area contributed by atoms with Gasteiger partial charge < -0.3 is 10.6 Å². The number of rotatable bonds is 4. The molecule has 0 saturated heterocycles. The predicted octanol–water partition coefficient (Wildman–Crippen LogP) is 2.61. The van der Waals surface area contributed by atoms with Crippen LogP contribution in [-0.2, 0) is 0 Å². The SMILES string of the molecule is CCNc1ccc(C(=O)Nc2ccc(F)c(C)c2)nn1. The normalized spacial score (nSPS) is 10.2. The largest absolute Gasteiger partial charge is 0.369 e. The first-order valence-electron chi connectivity index (χ1n) is 6.25. The maximum atomic E-state index is 13.1. The van der Waals surface area contributed by atoms with Crippen molar-refractivity contribution >= 4 is 17.4 Å². The monoisotopic (exact) mass is 274 g/mol. The number of hydrogen-bond donors (Lipinski definition) is 2. The first kappa shape index (κ1) is 13.9. The lowest BCUT2D eigenvalue weighted by Gasteiger charge is -2.06. The Balaban J connectivity index is 2.09. The van der Waals surface area contributed by atoms with E-state index in [1.807, 2.05) is 6.92 Å². The summed E-state index contributed by atoms with van der Waals surface area (Å²) in [5.41, 5.74) is 1.19. The van der Waals surface area contributed by atoms with E-state index in [4.69, 9.17) is 0 Å². The lowest BCUT2D eigenvalue weighted by Crippen LogP contribution is -2.15. The Morgan fingerprint density at radius 3 is 2.65 bits per heavy atom. The summed E-state index contributed by atoms with van der Waals surface area (Å²) in [6.07, 6.45) is 0. The minimum absolute atomic E-state index is 0.202. The van der Waals surface area contributed by atoms with Crippen molar-refractivity contribution in [3.05, 3.63) is 47.4 Å². The third-order valence-corrected chi connectivity index (χ3v) is 2.67. The fraction of sp³-hybridized carbons (Fsp3) is 0.214. The fourth-order valence-corrected chi connectivity index (χ4v) is 1.65. The molecule has 0 fully saturated rings. The number of anilines is 2. The molecule has 2 N–H and O–H groups in total. The molecule has 0 aliphatic carbocycles. The van der Waals surface area contributed by atoms with Crippen LogP contribution in [-0.4, -0.2) is 22.6 Å². The first-order chi connectivity index (χ1) is 9.60. The number of nitrogens with one attached hydrogen (secondary N) is 2. The maximum Gasteiger partial charge on any atom is 0.276 e. The Hall–Kier alpha value is -2.50. The van der Waals surface area contributed by atoms with Crippen LogP contribution in [0, 0.1) is 12.7 Å². The van der Waals surface area contributed by atoms with Crippen LogP contribution < -0.4 is 10.6 Å². The van der Waals surface area contributed by atoms with Crippen molar-refractivity contribution < 1.29 is 9.18 Å². The number of benzene rings is 1. The molecule has 0 atom stereocenters. The van der Waals surface area contributed by atoms with E-state index in [9.17, 15) is 9.18 Å². The van der Waals surface area contributed by atoms with Gasteiger partial charge in [0, 0.05) is 12.2 Å². The molecule has 6 heteroatoms. The van der Waals surface area contributed by atoms with Gasteiger partial charge in [0.15, 0.2) is 5.69 Å². The summed E-state index contributed by atoms with van der Waals surface area (Å²) < 4.78 is 13.1. The molecule has 5 nitrogen and oxygen atoms in total.